The smallest absolute Gasteiger partial charge is 0.0465 e. The highest BCUT2D eigenvalue weighted by Gasteiger charge is 2.55. The number of aliphatic hydroxyl groups is 1. The normalized spacial score (nSPS) is 25.5. The average molecular weight is 252 g/mol. The first kappa shape index (κ1) is 12.4. The molecule has 1 aliphatic carbocycles. The third-order valence-corrected chi connectivity index (χ3v) is 4.60. The van der Waals surface area contributed by atoms with Gasteiger partial charge in [-0.15, -0.1) is 0 Å². The summed E-state index contributed by atoms with van der Waals surface area (Å²) in [4.78, 5) is 0. The van der Waals surface area contributed by atoms with E-state index in [1.807, 2.05) is 0 Å². The number of hydrogen-bond acceptors (Lipinski definition) is 1. The molecule has 2 atom stereocenters. The van der Waals surface area contributed by atoms with Crippen molar-refractivity contribution in [1.82, 2.24) is 0 Å². The average Bonchev–Trinajstić information content (AvgIpc) is 3.13. The first-order valence-corrected chi connectivity index (χ1v) is 6.96. The van der Waals surface area contributed by atoms with Gasteiger partial charge < -0.3 is 5.11 Å². The molecule has 0 heterocycles. The molecule has 2 aromatic carbocycles. The second-order valence-corrected chi connectivity index (χ2v) is 5.84. The Labute approximate surface area is 114 Å². The van der Waals surface area contributed by atoms with Crippen LogP contribution in [0.25, 0.3) is 0 Å². The topological polar surface area (TPSA) is 20.2 Å². The molecule has 0 radical (unpaired) electrons. The minimum atomic E-state index is 0.192. The van der Waals surface area contributed by atoms with Crippen LogP contribution in [0.2, 0.25) is 0 Å². The van der Waals surface area contributed by atoms with E-state index in [1.54, 1.807) is 0 Å². The molecular formula is C18H20O. The molecule has 0 aromatic heterocycles. The summed E-state index contributed by atoms with van der Waals surface area (Å²) in [5.41, 5.74) is 2.90. The minimum absolute atomic E-state index is 0.192. The first-order valence-electron chi connectivity index (χ1n) is 6.96. The van der Waals surface area contributed by atoms with Crippen LogP contribution in [0, 0.1) is 11.3 Å². The van der Waals surface area contributed by atoms with Crippen molar-refractivity contribution < 1.29 is 5.11 Å². The van der Waals surface area contributed by atoms with Gasteiger partial charge >= 0.3 is 0 Å². The van der Waals surface area contributed by atoms with Crippen LogP contribution in [0.3, 0.4) is 0 Å². The van der Waals surface area contributed by atoms with Crippen LogP contribution in [-0.4, -0.2) is 11.7 Å². The summed E-state index contributed by atoms with van der Waals surface area (Å²) in [6.07, 6.45) is 1.11. The van der Waals surface area contributed by atoms with Crippen LogP contribution < -0.4 is 0 Å². The number of hydrogen-bond donors (Lipinski definition) is 1. The van der Waals surface area contributed by atoms with E-state index < -0.39 is 0 Å². The summed E-state index contributed by atoms with van der Waals surface area (Å²) in [6.45, 7) is 2.60. The maximum absolute atomic E-state index is 9.48. The largest absolute Gasteiger partial charge is 0.396 e. The molecule has 3 rings (SSSR count). The number of rotatable bonds is 4. The van der Waals surface area contributed by atoms with Crippen molar-refractivity contribution in [3.8, 4) is 0 Å². The highest BCUT2D eigenvalue weighted by Crippen LogP contribution is 2.62. The Balaban J connectivity index is 2.03. The van der Waals surface area contributed by atoms with Gasteiger partial charge in [-0.2, -0.15) is 0 Å². The van der Waals surface area contributed by atoms with Crippen molar-refractivity contribution in [2.45, 2.75) is 19.3 Å². The van der Waals surface area contributed by atoms with Crippen LogP contribution in [0.15, 0.2) is 60.7 Å². The van der Waals surface area contributed by atoms with Crippen molar-refractivity contribution in [2.75, 3.05) is 6.61 Å². The third kappa shape index (κ3) is 2.19. The molecule has 98 valence electrons. The van der Waals surface area contributed by atoms with Crippen LogP contribution in [0.1, 0.15) is 30.4 Å². The van der Waals surface area contributed by atoms with Crippen LogP contribution in [-0.2, 0) is 0 Å². The zero-order valence-electron chi connectivity index (χ0n) is 11.3. The molecule has 0 bridgehead atoms. The predicted molar refractivity (Wildman–Crippen MR) is 78.0 cm³/mol. The maximum atomic E-state index is 9.48. The van der Waals surface area contributed by atoms with Gasteiger partial charge in [-0.3, -0.25) is 0 Å². The van der Waals surface area contributed by atoms with E-state index in [9.17, 15) is 5.11 Å². The first-order chi connectivity index (χ1) is 9.25. The van der Waals surface area contributed by atoms with E-state index in [1.165, 1.54) is 11.1 Å². The summed E-state index contributed by atoms with van der Waals surface area (Å²) >= 11 is 0. The predicted octanol–water partition coefficient (Wildman–Crippen LogP) is 3.84. The highest BCUT2D eigenvalue weighted by molar-refractivity contribution is 5.37. The molecule has 1 aliphatic rings. The lowest BCUT2D eigenvalue weighted by Gasteiger charge is -2.26. The maximum Gasteiger partial charge on any atom is 0.0465 e. The van der Waals surface area contributed by atoms with Crippen molar-refractivity contribution in [1.29, 1.82) is 0 Å². The molecule has 0 amide bonds. The van der Waals surface area contributed by atoms with Gasteiger partial charge in [-0.25, -0.2) is 0 Å². The second-order valence-electron chi connectivity index (χ2n) is 5.84. The molecule has 2 aromatic rings. The number of benzene rings is 2. The minimum Gasteiger partial charge on any atom is -0.396 e. The monoisotopic (exact) mass is 252 g/mol. The quantitative estimate of drug-likeness (QED) is 0.876. The summed E-state index contributed by atoms with van der Waals surface area (Å²) in [6, 6.07) is 21.3. The van der Waals surface area contributed by atoms with Gasteiger partial charge in [0.25, 0.3) is 0 Å². The van der Waals surface area contributed by atoms with E-state index in [0.717, 1.165) is 6.42 Å². The molecule has 1 fully saturated rings. The van der Waals surface area contributed by atoms with E-state index in [-0.39, 0.29) is 5.41 Å². The van der Waals surface area contributed by atoms with Gasteiger partial charge in [0.05, 0.1) is 0 Å². The summed E-state index contributed by atoms with van der Waals surface area (Å²) < 4.78 is 0. The molecule has 19 heavy (non-hydrogen) atoms. The second kappa shape index (κ2) is 4.82. The molecule has 1 nitrogen and oxygen atoms in total. The van der Waals surface area contributed by atoms with Crippen molar-refractivity contribution in [3.63, 3.8) is 0 Å². The summed E-state index contributed by atoms with van der Waals surface area (Å²) in [7, 11) is 0. The zero-order valence-corrected chi connectivity index (χ0v) is 11.3. The van der Waals surface area contributed by atoms with E-state index in [4.69, 9.17) is 0 Å². The fourth-order valence-corrected chi connectivity index (χ4v) is 3.34. The van der Waals surface area contributed by atoms with Crippen LogP contribution in [0.4, 0.5) is 0 Å². The Kier molecular flexibility index (Phi) is 3.16. The Morgan fingerprint density at radius 2 is 1.47 bits per heavy atom. The third-order valence-electron chi connectivity index (χ3n) is 4.60. The van der Waals surface area contributed by atoms with E-state index in [2.05, 4.69) is 67.6 Å². The Morgan fingerprint density at radius 1 is 1.00 bits per heavy atom. The van der Waals surface area contributed by atoms with E-state index >= 15 is 0 Å². The Hall–Kier alpha value is -1.60. The SMILES string of the molecule is CC1(C(c2ccccc2)c2ccccc2)CC1CO. The van der Waals surface area contributed by atoms with Gasteiger partial charge in [-0.05, 0) is 28.9 Å². The Bertz CT molecular complexity index is 495. The lowest BCUT2D eigenvalue weighted by Crippen LogP contribution is -2.16. The molecule has 0 spiro atoms. The molecule has 1 saturated carbocycles. The molecular weight excluding hydrogens is 232 g/mol. The lowest BCUT2D eigenvalue weighted by molar-refractivity contribution is 0.247. The summed E-state index contributed by atoms with van der Waals surface area (Å²) in [5.74, 6) is 0.810. The standard InChI is InChI=1S/C18H20O/c1-18(12-16(18)13-19)17(14-8-4-2-5-9-14)15-10-6-3-7-11-15/h2-11,16-17,19H,12-13H2,1H3. The molecule has 2 unspecified atom stereocenters. The molecule has 1 heteroatoms. The Morgan fingerprint density at radius 3 is 1.84 bits per heavy atom. The van der Waals surface area contributed by atoms with Crippen molar-refractivity contribution >= 4 is 0 Å². The number of aliphatic hydroxyl groups excluding tert-OH is 1. The summed E-state index contributed by atoms with van der Waals surface area (Å²) in [5, 5.41) is 9.48. The van der Waals surface area contributed by atoms with Gasteiger partial charge in [0.15, 0.2) is 0 Å². The molecule has 1 N–H and O–H groups in total. The van der Waals surface area contributed by atoms with E-state index in [0.29, 0.717) is 18.4 Å². The zero-order chi connectivity index (χ0) is 13.3. The van der Waals surface area contributed by atoms with Gasteiger partial charge in [0.2, 0.25) is 0 Å². The van der Waals surface area contributed by atoms with Crippen LogP contribution in [0.5, 0.6) is 0 Å². The fourth-order valence-electron chi connectivity index (χ4n) is 3.34. The van der Waals surface area contributed by atoms with Crippen molar-refractivity contribution in [3.05, 3.63) is 71.8 Å². The highest BCUT2D eigenvalue weighted by atomic mass is 16.3. The van der Waals surface area contributed by atoms with Crippen LogP contribution >= 0.6 is 0 Å². The van der Waals surface area contributed by atoms with Gasteiger partial charge in [-0.1, -0.05) is 67.6 Å². The van der Waals surface area contributed by atoms with Gasteiger partial charge in [0.1, 0.15) is 0 Å². The van der Waals surface area contributed by atoms with Crippen molar-refractivity contribution in [2.24, 2.45) is 11.3 Å². The fraction of sp³-hybridized carbons (Fsp3) is 0.333. The lowest BCUT2D eigenvalue weighted by atomic mass is 9.78. The molecule has 0 saturated heterocycles. The van der Waals surface area contributed by atoms with Gasteiger partial charge in [0, 0.05) is 12.5 Å². The molecule has 0 aliphatic heterocycles.